The Morgan fingerprint density at radius 1 is 1.14 bits per heavy atom. The first-order valence-electron chi connectivity index (χ1n) is 6.42. The number of hydrogen-bond acceptors (Lipinski definition) is 6. The molecule has 0 unspecified atom stereocenters. The predicted octanol–water partition coefficient (Wildman–Crippen LogP) is 2.37. The van der Waals surface area contributed by atoms with Crippen molar-refractivity contribution >= 4 is 11.9 Å². The van der Waals surface area contributed by atoms with Gasteiger partial charge in [-0.25, -0.2) is 8.78 Å². The predicted molar refractivity (Wildman–Crippen MR) is 74.2 cm³/mol. The SMILES string of the molecule is CCN(CC)c1nc(N)nc(Oc2cc(F)ccc2F)n1. The molecular formula is C13H15F2N5O. The van der Waals surface area contributed by atoms with Gasteiger partial charge in [0.25, 0.3) is 0 Å². The fourth-order valence-electron chi connectivity index (χ4n) is 1.71. The summed E-state index contributed by atoms with van der Waals surface area (Å²) in [6.45, 7) is 5.17. The maximum absolute atomic E-state index is 13.5. The van der Waals surface area contributed by atoms with E-state index >= 15 is 0 Å². The third kappa shape index (κ3) is 3.53. The number of aromatic nitrogens is 3. The van der Waals surface area contributed by atoms with Gasteiger partial charge in [-0.2, -0.15) is 15.0 Å². The van der Waals surface area contributed by atoms with Gasteiger partial charge >= 0.3 is 6.01 Å². The molecule has 0 amide bonds. The van der Waals surface area contributed by atoms with E-state index < -0.39 is 11.6 Å². The van der Waals surface area contributed by atoms with Crippen molar-refractivity contribution in [2.45, 2.75) is 13.8 Å². The van der Waals surface area contributed by atoms with Crippen molar-refractivity contribution in [2.24, 2.45) is 0 Å². The molecule has 0 bridgehead atoms. The lowest BCUT2D eigenvalue weighted by Gasteiger charge is -2.18. The smallest absolute Gasteiger partial charge is 0.328 e. The zero-order chi connectivity index (χ0) is 15.4. The van der Waals surface area contributed by atoms with Gasteiger partial charge in [0, 0.05) is 19.2 Å². The first-order chi connectivity index (χ1) is 10.0. The Hall–Kier alpha value is -2.51. The molecule has 2 N–H and O–H groups in total. The number of ether oxygens (including phenoxy) is 1. The molecule has 2 rings (SSSR count). The van der Waals surface area contributed by atoms with Crippen LogP contribution in [0.4, 0.5) is 20.7 Å². The highest BCUT2D eigenvalue weighted by atomic mass is 19.1. The molecule has 0 spiro atoms. The highest BCUT2D eigenvalue weighted by Gasteiger charge is 2.13. The van der Waals surface area contributed by atoms with Gasteiger partial charge < -0.3 is 15.4 Å². The van der Waals surface area contributed by atoms with E-state index in [9.17, 15) is 8.78 Å². The van der Waals surface area contributed by atoms with Crippen LogP contribution in [0.3, 0.4) is 0 Å². The Morgan fingerprint density at radius 2 is 1.86 bits per heavy atom. The normalized spacial score (nSPS) is 10.5. The fourth-order valence-corrected chi connectivity index (χ4v) is 1.71. The number of nitrogens with two attached hydrogens (primary N) is 1. The first kappa shape index (κ1) is 14.9. The molecule has 112 valence electrons. The topological polar surface area (TPSA) is 77.2 Å². The van der Waals surface area contributed by atoms with Crippen LogP contribution in [-0.4, -0.2) is 28.0 Å². The molecule has 8 heteroatoms. The van der Waals surface area contributed by atoms with Crippen LogP contribution in [0.25, 0.3) is 0 Å². The lowest BCUT2D eigenvalue weighted by atomic mass is 10.3. The Balaban J connectivity index is 2.34. The fraction of sp³-hybridized carbons (Fsp3) is 0.308. The molecule has 0 saturated carbocycles. The van der Waals surface area contributed by atoms with Crippen molar-refractivity contribution in [2.75, 3.05) is 23.7 Å². The maximum Gasteiger partial charge on any atom is 0.328 e. The number of anilines is 2. The van der Waals surface area contributed by atoms with Crippen molar-refractivity contribution in [1.82, 2.24) is 15.0 Å². The molecule has 21 heavy (non-hydrogen) atoms. The number of halogens is 2. The molecule has 0 fully saturated rings. The van der Waals surface area contributed by atoms with E-state index in [4.69, 9.17) is 10.5 Å². The van der Waals surface area contributed by atoms with Gasteiger partial charge in [-0.3, -0.25) is 0 Å². The van der Waals surface area contributed by atoms with Crippen molar-refractivity contribution in [3.8, 4) is 11.8 Å². The minimum Gasteiger partial charge on any atom is -0.421 e. The van der Waals surface area contributed by atoms with Crippen LogP contribution in [0, 0.1) is 11.6 Å². The van der Waals surface area contributed by atoms with Crippen molar-refractivity contribution in [1.29, 1.82) is 0 Å². The van der Waals surface area contributed by atoms with E-state index in [1.54, 1.807) is 0 Å². The summed E-state index contributed by atoms with van der Waals surface area (Å²) < 4.78 is 31.8. The van der Waals surface area contributed by atoms with Crippen LogP contribution in [0.1, 0.15) is 13.8 Å². The number of benzene rings is 1. The van der Waals surface area contributed by atoms with Gasteiger partial charge in [-0.1, -0.05) is 0 Å². The molecule has 0 atom stereocenters. The number of nitrogens with zero attached hydrogens (tertiary/aromatic N) is 4. The third-order valence-electron chi connectivity index (χ3n) is 2.76. The van der Waals surface area contributed by atoms with E-state index in [-0.39, 0.29) is 17.7 Å². The summed E-state index contributed by atoms with van der Waals surface area (Å²) in [6.07, 6.45) is 0. The molecule has 2 aromatic rings. The summed E-state index contributed by atoms with van der Waals surface area (Å²) in [5.74, 6) is -1.40. The number of nitrogen functional groups attached to an aromatic ring is 1. The second kappa shape index (κ2) is 6.29. The van der Waals surface area contributed by atoms with E-state index in [0.29, 0.717) is 19.0 Å². The molecular weight excluding hydrogens is 280 g/mol. The molecule has 0 saturated heterocycles. The number of hydrogen-bond donors (Lipinski definition) is 1. The largest absolute Gasteiger partial charge is 0.421 e. The molecule has 1 aromatic heterocycles. The Kier molecular flexibility index (Phi) is 4.46. The maximum atomic E-state index is 13.5. The molecule has 0 radical (unpaired) electrons. The lowest BCUT2D eigenvalue weighted by molar-refractivity contribution is 0.406. The molecule has 1 aromatic carbocycles. The van der Waals surface area contributed by atoms with Gasteiger partial charge in [-0.05, 0) is 26.0 Å². The highest BCUT2D eigenvalue weighted by molar-refractivity contribution is 5.37. The minimum absolute atomic E-state index is 0.0567. The highest BCUT2D eigenvalue weighted by Crippen LogP contribution is 2.24. The van der Waals surface area contributed by atoms with Crippen molar-refractivity contribution in [3.63, 3.8) is 0 Å². The molecule has 0 aliphatic heterocycles. The average molecular weight is 295 g/mol. The standard InChI is InChI=1S/C13H15F2N5O/c1-3-20(4-2)12-17-11(16)18-13(19-12)21-10-7-8(14)5-6-9(10)15/h5-7H,3-4H2,1-2H3,(H2,16,17,18,19). The summed E-state index contributed by atoms with van der Waals surface area (Å²) in [4.78, 5) is 13.6. The van der Waals surface area contributed by atoms with Crippen LogP contribution in [0.5, 0.6) is 11.8 Å². The third-order valence-corrected chi connectivity index (χ3v) is 2.76. The Bertz CT molecular complexity index is 634. The second-order valence-electron chi connectivity index (χ2n) is 4.13. The van der Waals surface area contributed by atoms with Crippen LogP contribution < -0.4 is 15.4 Å². The van der Waals surface area contributed by atoms with E-state index in [2.05, 4.69) is 15.0 Å². The van der Waals surface area contributed by atoms with E-state index in [1.165, 1.54) is 0 Å². The van der Waals surface area contributed by atoms with Gasteiger partial charge in [0.2, 0.25) is 11.9 Å². The second-order valence-corrected chi connectivity index (χ2v) is 4.13. The molecule has 0 aliphatic rings. The molecule has 1 heterocycles. The summed E-state index contributed by atoms with van der Waals surface area (Å²) in [6, 6.07) is 2.67. The van der Waals surface area contributed by atoms with Gasteiger partial charge in [0.15, 0.2) is 11.6 Å². The lowest BCUT2D eigenvalue weighted by Crippen LogP contribution is -2.25. The summed E-state index contributed by atoms with van der Waals surface area (Å²) >= 11 is 0. The van der Waals surface area contributed by atoms with Gasteiger partial charge in [-0.15, -0.1) is 0 Å². The van der Waals surface area contributed by atoms with Gasteiger partial charge in [0.1, 0.15) is 5.82 Å². The Labute approximate surface area is 120 Å². The van der Waals surface area contributed by atoms with Crippen molar-refractivity contribution in [3.05, 3.63) is 29.8 Å². The van der Waals surface area contributed by atoms with Crippen LogP contribution in [0.2, 0.25) is 0 Å². The van der Waals surface area contributed by atoms with Gasteiger partial charge in [0.05, 0.1) is 0 Å². The molecule has 6 nitrogen and oxygen atoms in total. The van der Waals surface area contributed by atoms with Crippen LogP contribution in [0.15, 0.2) is 18.2 Å². The quantitative estimate of drug-likeness (QED) is 0.912. The van der Waals surface area contributed by atoms with E-state index in [0.717, 1.165) is 18.2 Å². The minimum atomic E-state index is -0.722. The zero-order valence-electron chi connectivity index (χ0n) is 11.7. The summed E-state index contributed by atoms with van der Waals surface area (Å²) in [5.41, 5.74) is 5.59. The first-order valence-corrected chi connectivity index (χ1v) is 6.42. The average Bonchev–Trinajstić information content (AvgIpc) is 2.44. The molecule has 0 aliphatic carbocycles. The van der Waals surface area contributed by atoms with Crippen molar-refractivity contribution < 1.29 is 13.5 Å². The summed E-state index contributed by atoms with van der Waals surface area (Å²) in [5, 5.41) is 0. The number of rotatable bonds is 5. The monoisotopic (exact) mass is 295 g/mol. The zero-order valence-corrected chi connectivity index (χ0v) is 11.7. The van der Waals surface area contributed by atoms with E-state index in [1.807, 2.05) is 18.7 Å². The van der Waals surface area contributed by atoms with Crippen LogP contribution in [-0.2, 0) is 0 Å². The van der Waals surface area contributed by atoms with Crippen LogP contribution >= 0.6 is 0 Å². The summed E-state index contributed by atoms with van der Waals surface area (Å²) in [7, 11) is 0. The Morgan fingerprint density at radius 3 is 2.52 bits per heavy atom.